The number of nitriles is 1. The van der Waals surface area contributed by atoms with Crippen LogP contribution in [0.2, 0.25) is 0 Å². The summed E-state index contributed by atoms with van der Waals surface area (Å²) in [4.78, 5) is 33.3. The van der Waals surface area contributed by atoms with Crippen molar-refractivity contribution in [2.45, 2.75) is 51.1 Å². The van der Waals surface area contributed by atoms with Crippen LogP contribution in [-0.2, 0) is 17.8 Å². The minimum Gasteiger partial charge on any atom is -0.350 e. The van der Waals surface area contributed by atoms with Crippen LogP contribution in [0.25, 0.3) is 22.1 Å². The molecule has 0 atom stereocenters. The molecule has 4 heterocycles. The van der Waals surface area contributed by atoms with Gasteiger partial charge in [-0.05, 0) is 43.7 Å². The van der Waals surface area contributed by atoms with E-state index in [-0.39, 0.29) is 18.4 Å². The Morgan fingerprint density at radius 3 is 2.91 bits per heavy atom. The molecule has 5 rings (SSSR count). The van der Waals surface area contributed by atoms with Crippen LogP contribution >= 0.6 is 0 Å². The van der Waals surface area contributed by atoms with Crippen LogP contribution in [0.3, 0.4) is 0 Å². The van der Waals surface area contributed by atoms with Gasteiger partial charge in [-0.1, -0.05) is 0 Å². The summed E-state index contributed by atoms with van der Waals surface area (Å²) in [7, 11) is 0. The monoisotopic (exact) mass is 428 g/mol. The number of pyridine rings is 1. The van der Waals surface area contributed by atoms with E-state index in [1.54, 1.807) is 18.5 Å². The zero-order chi connectivity index (χ0) is 21.9. The predicted octanol–water partition coefficient (Wildman–Crippen LogP) is 3.21. The first-order chi connectivity index (χ1) is 15.7. The Kier molecular flexibility index (Phi) is 5.50. The van der Waals surface area contributed by atoms with Crippen LogP contribution in [-0.4, -0.2) is 35.4 Å². The number of hydrogen-bond acceptors (Lipinski definition) is 6. The van der Waals surface area contributed by atoms with Crippen LogP contribution in [0.15, 0.2) is 37.1 Å². The second kappa shape index (κ2) is 8.75. The summed E-state index contributed by atoms with van der Waals surface area (Å²) in [5.74, 6) is 1.11. The highest BCUT2D eigenvalue weighted by Gasteiger charge is 2.27. The molecule has 9 nitrogen and oxygen atoms in total. The van der Waals surface area contributed by atoms with Gasteiger partial charge in [0.15, 0.2) is 0 Å². The summed E-state index contributed by atoms with van der Waals surface area (Å²) in [6.45, 7) is 0.352. The molecule has 2 N–H and O–H groups in total. The number of carbonyl (C=O) groups excluding carboxylic acids is 1. The maximum Gasteiger partial charge on any atom is 0.227 e. The fourth-order valence-corrected chi connectivity index (χ4v) is 4.71. The Bertz CT molecular complexity index is 1280. The third-order valence-electron chi connectivity index (χ3n) is 6.30. The van der Waals surface area contributed by atoms with E-state index in [1.807, 2.05) is 12.3 Å². The van der Waals surface area contributed by atoms with Gasteiger partial charge in [-0.3, -0.25) is 4.79 Å². The van der Waals surface area contributed by atoms with Crippen LogP contribution in [0.5, 0.6) is 0 Å². The Balaban J connectivity index is 1.44. The highest BCUT2D eigenvalue weighted by molar-refractivity contribution is 6.01. The van der Waals surface area contributed by atoms with Crippen molar-refractivity contribution in [3.8, 4) is 6.07 Å². The van der Waals surface area contributed by atoms with Gasteiger partial charge in [-0.2, -0.15) is 5.26 Å². The van der Waals surface area contributed by atoms with Crippen molar-refractivity contribution in [3.63, 3.8) is 0 Å². The number of H-pyrrole nitrogens is 1. The number of aromatic nitrogens is 6. The normalized spacial score (nSPS) is 18.6. The average Bonchev–Trinajstić information content (AvgIpc) is 3.43. The molecule has 0 radical (unpaired) electrons. The summed E-state index contributed by atoms with van der Waals surface area (Å²) in [6.07, 6.45) is 11.6. The summed E-state index contributed by atoms with van der Waals surface area (Å²) in [5.41, 5.74) is 3.40. The highest BCUT2D eigenvalue weighted by Crippen LogP contribution is 2.37. The third-order valence-corrected chi connectivity index (χ3v) is 6.30. The molecular formula is C23H24N8O. The molecule has 1 amide bonds. The molecule has 0 spiro atoms. The number of carbonyl (C=O) groups is 1. The molecule has 4 aromatic rings. The smallest absolute Gasteiger partial charge is 0.227 e. The van der Waals surface area contributed by atoms with Crippen molar-refractivity contribution in [1.29, 1.82) is 5.26 Å². The number of nitrogens with one attached hydrogen (secondary N) is 2. The van der Waals surface area contributed by atoms with Gasteiger partial charge in [-0.15, -0.1) is 0 Å². The lowest BCUT2D eigenvalue weighted by molar-refractivity contribution is -0.120. The molecule has 32 heavy (non-hydrogen) atoms. The molecule has 1 aliphatic rings. The van der Waals surface area contributed by atoms with Gasteiger partial charge in [0.05, 0.1) is 36.4 Å². The van der Waals surface area contributed by atoms with Crippen LogP contribution < -0.4 is 5.32 Å². The van der Waals surface area contributed by atoms with E-state index < -0.39 is 0 Å². The number of imidazole rings is 1. The van der Waals surface area contributed by atoms with Gasteiger partial charge in [0.1, 0.15) is 23.3 Å². The highest BCUT2D eigenvalue weighted by atomic mass is 16.1. The van der Waals surface area contributed by atoms with Crippen molar-refractivity contribution in [1.82, 2.24) is 34.8 Å². The van der Waals surface area contributed by atoms with Crippen molar-refractivity contribution < 1.29 is 4.79 Å². The Morgan fingerprint density at radius 1 is 1.25 bits per heavy atom. The molecule has 162 valence electrons. The topological polar surface area (TPSA) is 125 Å². The average molecular weight is 429 g/mol. The minimum absolute atomic E-state index is 0.100. The quantitative estimate of drug-likeness (QED) is 0.486. The number of amides is 1. The van der Waals surface area contributed by atoms with Crippen LogP contribution in [0, 0.1) is 17.2 Å². The maximum atomic E-state index is 12.8. The van der Waals surface area contributed by atoms with E-state index in [2.05, 4.69) is 35.9 Å². The Labute approximate surface area is 184 Å². The molecule has 1 fully saturated rings. The summed E-state index contributed by atoms with van der Waals surface area (Å²) < 4.78 is 2.25. The van der Waals surface area contributed by atoms with E-state index >= 15 is 0 Å². The summed E-state index contributed by atoms with van der Waals surface area (Å²) in [6, 6.07) is 6.36. The van der Waals surface area contributed by atoms with Crippen molar-refractivity contribution in [2.24, 2.45) is 5.92 Å². The first kappa shape index (κ1) is 20.1. The molecule has 1 aliphatic carbocycles. The number of fused-ring (bicyclic) bond motifs is 3. The molecule has 0 saturated heterocycles. The molecule has 9 heteroatoms. The first-order valence-electron chi connectivity index (χ1n) is 10.9. The van der Waals surface area contributed by atoms with Gasteiger partial charge in [0, 0.05) is 30.2 Å². The lowest BCUT2D eigenvalue weighted by Crippen LogP contribution is -2.27. The molecule has 0 aromatic carbocycles. The number of aromatic amines is 1. The molecule has 0 unspecified atom stereocenters. The van der Waals surface area contributed by atoms with Crippen LogP contribution in [0.1, 0.15) is 49.7 Å². The largest absolute Gasteiger partial charge is 0.350 e. The second-order valence-electron chi connectivity index (χ2n) is 8.32. The lowest BCUT2D eigenvalue weighted by Gasteiger charge is -2.30. The fraction of sp³-hybridized carbons (Fsp3) is 0.391. The van der Waals surface area contributed by atoms with Crippen LogP contribution in [0.4, 0.5) is 0 Å². The summed E-state index contributed by atoms with van der Waals surface area (Å²) in [5, 5.41) is 13.0. The third kappa shape index (κ3) is 3.91. The zero-order valence-electron chi connectivity index (χ0n) is 17.7. The maximum absolute atomic E-state index is 12.8. The molecular weight excluding hydrogens is 404 g/mol. The van der Waals surface area contributed by atoms with Gasteiger partial charge < -0.3 is 14.9 Å². The van der Waals surface area contributed by atoms with Crippen molar-refractivity contribution in [2.75, 3.05) is 0 Å². The minimum atomic E-state index is -0.100. The van der Waals surface area contributed by atoms with E-state index in [9.17, 15) is 4.79 Å². The zero-order valence-corrected chi connectivity index (χ0v) is 17.7. The molecule has 4 aromatic heterocycles. The Morgan fingerprint density at radius 2 is 2.12 bits per heavy atom. The molecule has 0 aliphatic heterocycles. The van der Waals surface area contributed by atoms with Gasteiger partial charge in [-0.25, -0.2) is 19.9 Å². The second-order valence-corrected chi connectivity index (χ2v) is 8.32. The summed E-state index contributed by atoms with van der Waals surface area (Å²) >= 11 is 0. The number of rotatable bonds is 6. The van der Waals surface area contributed by atoms with Gasteiger partial charge >= 0.3 is 0 Å². The lowest BCUT2D eigenvalue weighted by atomic mass is 9.84. The predicted molar refractivity (Wildman–Crippen MR) is 118 cm³/mol. The van der Waals surface area contributed by atoms with E-state index in [4.69, 9.17) is 10.2 Å². The number of hydrogen-bond donors (Lipinski definition) is 2. The van der Waals surface area contributed by atoms with Gasteiger partial charge in [0.2, 0.25) is 5.91 Å². The van der Waals surface area contributed by atoms with E-state index in [0.717, 1.165) is 59.3 Å². The van der Waals surface area contributed by atoms with Crippen molar-refractivity contribution >= 4 is 28.0 Å². The van der Waals surface area contributed by atoms with E-state index in [0.29, 0.717) is 18.9 Å². The number of nitrogens with zero attached hydrogens (tertiary/aromatic N) is 6. The fourth-order valence-electron chi connectivity index (χ4n) is 4.71. The van der Waals surface area contributed by atoms with Crippen molar-refractivity contribution in [3.05, 3.63) is 48.6 Å². The first-order valence-corrected chi connectivity index (χ1v) is 10.9. The Hall–Kier alpha value is -3.80. The van der Waals surface area contributed by atoms with Gasteiger partial charge in [0.25, 0.3) is 0 Å². The molecule has 0 bridgehead atoms. The standard InChI is InChI=1S/C23H24N8O/c24-8-5-15-1-3-17(4-2-15)31-20(11-21(32)27-12-16-6-9-25-14-29-16)30-19-13-28-23-18(22(19)31)7-10-26-23/h6-7,9-10,13-15,17H,1-5,11-12H2,(H,26,28)(H,27,32). The SMILES string of the molecule is N#CCC1CCC(n2c(CC(=O)NCc3ccncn3)nc3cnc4[nH]ccc4c32)CC1. The molecule has 1 saturated carbocycles. The van der Waals surface area contributed by atoms with E-state index in [1.165, 1.54) is 6.33 Å².